The van der Waals surface area contributed by atoms with Gasteiger partial charge in [0.15, 0.2) is 0 Å². The van der Waals surface area contributed by atoms with E-state index < -0.39 is 0 Å². The first-order valence-corrected chi connectivity index (χ1v) is 6.68. The molecule has 1 aromatic heterocycles. The second kappa shape index (κ2) is 4.62. The van der Waals surface area contributed by atoms with Crippen LogP contribution in [0.5, 0.6) is 0 Å². The maximum Gasteiger partial charge on any atom is 0.0956 e. The highest BCUT2D eigenvalue weighted by Crippen LogP contribution is 2.31. The van der Waals surface area contributed by atoms with E-state index >= 15 is 0 Å². The number of thiazole rings is 1. The molecule has 15 heavy (non-hydrogen) atoms. The lowest BCUT2D eigenvalue weighted by Crippen LogP contribution is -2.28. The van der Waals surface area contributed by atoms with Crippen LogP contribution in [-0.4, -0.2) is 18.1 Å². The van der Waals surface area contributed by atoms with Crippen LogP contribution < -0.4 is 5.32 Å². The zero-order valence-corrected chi connectivity index (χ0v) is 10.7. The smallest absolute Gasteiger partial charge is 0.0956 e. The fraction of sp³-hybridized carbons (Fsp3) is 0.750. The Morgan fingerprint density at radius 2 is 2.27 bits per heavy atom. The van der Waals surface area contributed by atoms with E-state index in [1.165, 1.54) is 35.0 Å². The largest absolute Gasteiger partial charge is 0.316 e. The first kappa shape index (κ1) is 11.1. The molecule has 0 aromatic carbocycles. The number of nitrogens with zero attached hydrogens (tertiary/aromatic N) is 1. The molecule has 1 fully saturated rings. The van der Waals surface area contributed by atoms with Crippen molar-refractivity contribution >= 4 is 11.3 Å². The predicted molar refractivity (Wildman–Crippen MR) is 65.8 cm³/mol. The molecule has 2 nitrogen and oxygen atoms in total. The highest BCUT2D eigenvalue weighted by atomic mass is 32.1. The minimum atomic E-state index is 0.569. The Balaban J connectivity index is 2.19. The number of hydrogen-bond donors (Lipinski definition) is 1. The van der Waals surface area contributed by atoms with E-state index in [2.05, 4.69) is 26.1 Å². The van der Waals surface area contributed by atoms with Crippen molar-refractivity contribution in [3.05, 3.63) is 15.6 Å². The van der Waals surface area contributed by atoms with Crippen molar-refractivity contribution in [3.8, 4) is 0 Å². The highest BCUT2D eigenvalue weighted by molar-refractivity contribution is 7.11. The summed E-state index contributed by atoms with van der Waals surface area (Å²) >= 11 is 1.88. The lowest BCUT2D eigenvalue weighted by atomic mass is 9.95. The van der Waals surface area contributed by atoms with Crippen LogP contribution >= 0.6 is 11.3 Å². The summed E-state index contributed by atoms with van der Waals surface area (Å²) in [7, 11) is 0. The van der Waals surface area contributed by atoms with Crippen LogP contribution in [0.25, 0.3) is 0 Å². The molecule has 3 heteroatoms. The maximum atomic E-state index is 4.81. The van der Waals surface area contributed by atoms with Gasteiger partial charge in [-0.15, -0.1) is 11.3 Å². The third-order valence-electron chi connectivity index (χ3n) is 3.03. The molecule has 0 radical (unpaired) electrons. The average molecular weight is 224 g/mol. The molecule has 1 aliphatic heterocycles. The van der Waals surface area contributed by atoms with E-state index in [0.29, 0.717) is 11.8 Å². The number of aromatic nitrogens is 1. The van der Waals surface area contributed by atoms with Gasteiger partial charge in [0.05, 0.1) is 10.7 Å². The summed E-state index contributed by atoms with van der Waals surface area (Å²) < 4.78 is 0. The summed E-state index contributed by atoms with van der Waals surface area (Å²) in [5, 5.41) is 4.76. The molecule has 2 rings (SSSR count). The Morgan fingerprint density at radius 3 is 2.80 bits per heavy atom. The second-order valence-corrected chi connectivity index (χ2v) is 5.93. The molecule has 0 saturated carbocycles. The zero-order chi connectivity index (χ0) is 10.8. The van der Waals surface area contributed by atoms with Gasteiger partial charge in [-0.25, -0.2) is 4.98 Å². The summed E-state index contributed by atoms with van der Waals surface area (Å²) in [5.74, 6) is 1.22. The van der Waals surface area contributed by atoms with Crippen molar-refractivity contribution in [2.24, 2.45) is 0 Å². The van der Waals surface area contributed by atoms with E-state index in [4.69, 9.17) is 4.98 Å². The molecule has 1 aromatic rings. The van der Waals surface area contributed by atoms with E-state index in [0.717, 1.165) is 6.54 Å². The van der Waals surface area contributed by atoms with Crippen molar-refractivity contribution in [1.29, 1.82) is 0 Å². The number of nitrogens with one attached hydrogen (secondary N) is 1. The van der Waals surface area contributed by atoms with Crippen LogP contribution in [0.3, 0.4) is 0 Å². The molecule has 0 spiro atoms. The first-order valence-electron chi connectivity index (χ1n) is 5.86. The number of hydrogen-bond acceptors (Lipinski definition) is 3. The normalized spacial score (nSPS) is 22.3. The van der Waals surface area contributed by atoms with E-state index in [9.17, 15) is 0 Å². The van der Waals surface area contributed by atoms with Gasteiger partial charge in [-0.2, -0.15) is 0 Å². The zero-order valence-electron chi connectivity index (χ0n) is 9.84. The average Bonchev–Trinajstić information content (AvgIpc) is 2.62. The molecular weight excluding hydrogens is 204 g/mol. The molecule has 1 aliphatic rings. The molecule has 0 bridgehead atoms. The van der Waals surface area contributed by atoms with Gasteiger partial charge in [-0.05, 0) is 26.3 Å². The van der Waals surface area contributed by atoms with Crippen molar-refractivity contribution in [2.45, 2.75) is 45.4 Å². The molecule has 1 N–H and O–H groups in total. The first-order chi connectivity index (χ1) is 7.18. The van der Waals surface area contributed by atoms with Gasteiger partial charge in [-0.3, -0.25) is 0 Å². The molecule has 1 atom stereocenters. The van der Waals surface area contributed by atoms with Crippen molar-refractivity contribution in [1.82, 2.24) is 10.3 Å². The third kappa shape index (κ3) is 2.40. The summed E-state index contributed by atoms with van der Waals surface area (Å²) in [6.45, 7) is 8.95. The van der Waals surface area contributed by atoms with Crippen LogP contribution in [-0.2, 0) is 0 Å². The Labute approximate surface area is 96.1 Å². The van der Waals surface area contributed by atoms with Crippen molar-refractivity contribution in [3.63, 3.8) is 0 Å². The lowest BCUT2D eigenvalue weighted by Gasteiger charge is -2.21. The van der Waals surface area contributed by atoms with Gasteiger partial charge in [-0.1, -0.05) is 13.8 Å². The minimum absolute atomic E-state index is 0.569. The summed E-state index contributed by atoms with van der Waals surface area (Å²) in [4.78, 5) is 6.24. The third-order valence-corrected chi connectivity index (χ3v) is 4.31. The highest BCUT2D eigenvalue weighted by Gasteiger charge is 2.21. The Hall–Kier alpha value is -0.410. The van der Waals surface area contributed by atoms with Crippen LogP contribution in [0.1, 0.15) is 54.1 Å². The Kier molecular flexibility index (Phi) is 3.42. The molecule has 1 saturated heterocycles. The van der Waals surface area contributed by atoms with Gasteiger partial charge in [0.25, 0.3) is 0 Å². The summed E-state index contributed by atoms with van der Waals surface area (Å²) in [5.41, 5.74) is 1.36. The summed E-state index contributed by atoms with van der Waals surface area (Å²) in [6, 6.07) is 0. The van der Waals surface area contributed by atoms with Crippen LogP contribution in [0.15, 0.2) is 0 Å². The van der Waals surface area contributed by atoms with E-state index in [1.807, 2.05) is 11.3 Å². The van der Waals surface area contributed by atoms with E-state index in [-0.39, 0.29) is 0 Å². The molecule has 1 unspecified atom stereocenters. The monoisotopic (exact) mass is 224 g/mol. The number of rotatable bonds is 2. The van der Waals surface area contributed by atoms with Gasteiger partial charge in [0.1, 0.15) is 0 Å². The van der Waals surface area contributed by atoms with Crippen molar-refractivity contribution < 1.29 is 0 Å². The Bertz CT molecular complexity index is 324. The fourth-order valence-corrected chi connectivity index (χ4v) is 3.15. The minimum Gasteiger partial charge on any atom is -0.316 e. The number of piperidine rings is 1. The lowest BCUT2D eigenvalue weighted by molar-refractivity contribution is 0.454. The molecular formula is C12H20N2S. The van der Waals surface area contributed by atoms with Crippen molar-refractivity contribution in [2.75, 3.05) is 13.1 Å². The van der Waals surface area contributed by atoms with E-state index in [1.54, 1.807) is 0 Å². The Morgan fingerprint density at radius 1 is 1.47 bits per heavy atom. The molecule has 84 valence electrons. The topological polar surface area (TPSA) is 24.9 Å². The van der Waals surface area contributed by atoms with Gasteiger partial charge < -0.3 is 5.32 Å². The van der Waals surface area contributed by atoms with Gasteiger partial charge in [0.2, 0.25) is 0 Å². The SMILES string of the molecule is Cc1sc(C(C)C)nc1C1CCCNC1. The maximum absolute atomic E-state index is 4.81. The standard InChI is InChI=1S/C12H20N2S/c1-8(2)12-14-11(9(3)15-12)10-5-4-6-13-7-10/h8,10,13H,4-7H2,1-3H3. The van der Waals surface area contributed by atoms with Crippen LogP contribution in [0.2, 0.25) is 0 Å². The van der Waals surface area contributed by atoms with Gasteiger partial charge in [0, 0.05) is 23.3 Å². The predicted octanol–water partition coefficient (Wildman–Crippen LogP) is 3.04. The fourth-order valence-electron chi connectivity index (χ4n) is 2.14. The van der Waals surface area contributed by atoms with Gasteiger partial charge >= 0.3 is 0 Å². The number of aryl methyl sites for hydroxylation is 1. The molecule has 0 aliphatic carbocycles. The van der Waals surface area contributed by atoms with Crippen LogP contribution in [0, 0.1) is 6.92 Å². The molecule has 2 heterocycles. The summed E-state index contributed by atoms with van der Waals surface area (Å²) in [6.07, 6.45) is 2.59. The second-order valence-electron chi connectivity index (χ2n) is 4.69. The quantitative estimate of drug-likeness (QED) is 0.835. The van der Waals surface area contributed by atoms with Crippen LogP contribution in [0.4, 0.5) is 0 Å². The molecule has 0 amide bonds.